The van der Waals surface area contributed by atoms with Crippen molar-refractivity contribution < 1.29 is 4.74 Å². The Morgan fingerprint density at radius 3 is 3.00 bits per heavy atom. The van der Waals surface area contributed by atoms with Crippen LogP contribution in [-0.2, 0) is 11.2 Å². The van der Waals surface area contributed by atoms with Gasteiger partial charge in [-0.3, -0.25) is 0 Å². The molecule has 0 aliphatic carbocycles. The van der Waals surface area contributed by atoms with E-state index in [0.29, 0.717) is 6.04 Å². The molecule has 1 aromatic rings. The molecule has 0 bridgehead atoms. The molecule has 1 fully saturated rings. The molecule has 0 saturated carbocycles. The Bertz CT molecular complexity index is 286. The Morgan fingerprint density at radius 1 is 1.54 bits per heavy atom. The maximum atomic E-state index is 5.06. The van der Waals surface area contributed by atoms with Crippen LogP contribution in [0, 0.1) is 0 Å². The first-order chi connectivity index (χ1) is 6.38. The fourth-order valence-corrected chi connectivity index (χ4v) is 1.20. The molecule has 2 heterocycles. The second kappa shape index (κ2) is 3.70. The summed E-state index contributed by atoms with van der Waals surface area (Å²) in [6.07, 6.45) is 2.54. The van der Waals surface area contributed by atoms with Gasteiger partial charge in [-0.1, -0.05) is 6.92 Å². The van der Waals surface area contributed by atoms with Gasteiger partial charge in [0.15, 0.2) is 0 Å². The number of aromatic nitrogens is 2. The number of hydrogen-bond acceptors (Lipinski definition) is 4. The second-order valence-electron chi connectivity index (χ2n) is 3.13. The van der Waals surface area contributed by atoms with E-state index in [2.05, 4.69) is 22.2 Å². The van der Waals surface area contributed by atoms with E-state index in [9.17, 15) is 0 Å². The van der Waals surface area contributed by atoms with Gasteiger partial charge in [-0.15, -0.1) is 0 Å². The van der Waals surface area contributed by atoms with Gasteiger partial charge in [0, 0.05) is 11.8 Å². The molecule has 1 saturated heterocycles. The molecule has 1 aliphatic heterocycles. The van der Waals surface area contributed by atoms with E-state index >= 15 is 0 Å². The topological polar surface area (TPSA) is 47.0 Å². The SMILES string of the molecule is CCc1cc(NC2COC2)ncn1. The number of rotatable bonds is 3. The molecule has 0 unspecified atom stereocenters. The minimum Gasteiger partial charge on any atom is -0.377 e. The van der Waals surface area contributed by atoms with Crippen molar-refractivity contribution in [3.05, 3.63) is 18.1 Å². The highest BCUT2D eigenvalue weighted by Crippen LogP contribution is 2.10. The average molecular weight is 179 g/mol. The fourth-order valence-electron chi connectivity index (χ4n) is 1.20. The van der Waals surface area contributed by atoms with Crippen LogP contribution in [0.1, 0.15) is 12.6 Å². The number of ether oxygens (including phenoxy) is 1. The van der Waals surface area contributed by atoms with E-state index < -0.39 is 0 Å². The van der Waals surface area contributed by atoms with Gasteiger partial charge in [0.25, 0.3) is 0 Å². The van der Waals surface area contributed by atoms with Crippen LogP contribution in [0.15, 0.2) is 12.4 Å². The van der Waals surface area contributed by atoms with Crippen molar-refractivity contribution in [1.82, 2.24) is 9.97 Å². The summed E-state index contributed by atoms with van der Waals surface area (Å²) in [5.74, 6) is 0.903. The maximum Gasteiger partial charge on any atom is 0.129 e. The summed E-state index contributed by atoms with van der Waals surface area (Å²) in [5, 5.41) is 3.28. The monoisotopic (exact) mass is 179 g/mol. The second-order valence-corrected chi connectivity index (χ2v) is 3.13. The highest BCUT2D eigenvalue weighted by atomic mass is 16.5. The molecule has 0 atom stereocenters. The predicted octanol–water partition coefficient (Wildman–Crippen LogP) is 0.850. The molecule has 0 spiro atoms. The van der Waals surface area contributed by atoms with E-state index in [1.165, 1.54) is 0 Å². The number of hydrogen-bond donors (Lipinski definition) is 1. The Kier molecular flexibility index (Phi) is 2.40. The van der Waals surface area contributed by atoms with Crippen LogP contribution < -0.4 is 5.32 Å². The van der Waals surface area contributed by atoms with Crippen molar-refractivity contribution >= 4 is 5.82 Å². The lowest BCUT2D eigenvalue weighted by Gasteiger charge is -2.27. The van der Waals surface area contributed by atoms with E-state index in [1.54, 1.807) is 6.33 Å². The van der Waals surface area contributed by atoms with Gasteiger partial charge in [0.05, 0.1) is 19.3 Å². The Balaban J connectivity index is 2.01. The normalized spacial score (nSPS) is 16.7. The number of anilines is 1. The van der Waals surface area contributed by atoms with E-state index in [-0.39, 0.29) is 0 Å². The lowest BCUT2D eigenvalue weighted by molar-refractivity contribution is 0.0209. The molecule has 1 aromatic heterocycles. The highest BCUT2D eigenvalue weighted by molar-refractivity contribution is 5.36. The van der Waals surface area contributed by atoms with Gasteiger partial charge in [0.1, 0.15) is 12.1 Å². The molecule has 1 aliphatic rings. The number of aryl methyl sites for hydroxylation is 1. The average Bonchev–Trinajstić information content (AvgIpc) is 2.12. The summed E-state index contributed by atoms with van der Waals surface area (Å²) < 4.78 is 5.06. The molecule has 1 N–H and O–H groups in total. The summed E-state index contributed by atoms with van der Waals surface area (Å²) in [5.41, 5.74) is 1.07. The zero-order valence-corrected chi connectivity index (χ0v) is 7.66. The summed E-state index contributed by atoms with van der Waals surface area (Å²) in [7, 11) is 0. The lowest BCUT2D eigenvalue weighted by Crippen LogP contribution is -2.40. The van der Waals surface area contributed by atoms with Crippen LogP contribution in [-0.4, -0.2) is 29.2 Å². The zero-order chi connectivity index (χ0) is 9.10. The van der Waals surface area contributed by atoms with Gasteiger partial charge in [-0.05, 0) is 6.42 Å². The standard InChI is InChI=1S/C9H13N3O/c1-2-7-3-9(11-6-10-7)12-8-4-13-5-8/h3,6,8H,2,4-5H2,1H3,(H,10,11,12). The molecule has 4 nitrogen and oxygen atoms in total. The van der Waals surface area contributed by atoms with Gasteiger partial charge in [0.2, 0.25) is 0 Å². The minimum absolute atomic E-state index is 0.430. The van der Waals surface area contributed by atoms with Crippen LogP contribution in [0.25, 0.3) is 0 Å². The van der Waals surface area contributed by atoms with Crippen LogP contribution in [0.2, 0.25) is 0 Å². The van der Waals surface area contributed by atoms with Crippen molar-refractivity contribution in [3.8, 4) is 0 Å². The van der Waals surface area contributed by atoms with Crippen molar-refractivity contribution in [2.45, 2.75) is 19.4 Å². The van der Waals surface area contributed by atoms with Crippen LogP contribution in [0.3, 0.4) is 0 Å². The summed E-state index contributed by atoms with van der Waals surface area (Å²) in [4.78, 5) is 8.26. The first-order valence-corrected chi connectivity index (χ1v) is 4.53. The summed E-state index contributed by atoms with van der Waals surface area (Å²) in [6, 6.07) is 2.41. The number of nitrogens with one attached hydrogen (secondary N) is 1. The van der Waals surface area contributed by atoms with Gasteiger partial charge in [-0.2, -0.15) is 0 Å². The third kappa shape index (κ3) is 1.95. The molecule has 70 valence electrons. The molecule has 0 radical (unpaired) electrons. The predicted molar refractivity (Wildman–Crippen MR) is 49.6 cm³/mol. The lowest BCUT2D eigenvalue weighted by atomic mass is 10.2. The Hall–Kier alpha value is -1.16. The smallest absolute Gasteiger partial charge is 0.129 e. The third-order valence-corrected chi connectivity index (χ3v) is 2.08. The molecule has 2 rings (SSSR count). The summed E-state index contributed by atoms with van der Waals surface area (Å²) in [6.45, 7) is 3.65. The molecule has 13 heavy (non-hydrogen) atoms. The maximum absolute atomic E-state index is 5.06. The van der Waals surface area contributed by atoms with Crippen molar-refractivity contribution in [2.75, 3.05) is 18.5 Å². The molecular weight excluding hydrogens is 166 g/mol. The fraction of sp³-hybridized carbons (Fsp3) is 0.556. The van der Waals surface area contributed by atoms with Crippen molar-refractivity contribution in [1.29, 1.82) is 0 Å². The first kappa shape index (κ1) is 8.44. The van der Waals surface area contributed by atoms with Crippen LogP contribution >= 0.6 is 0 Å². The third-order valence-electron chi connectivity index (χ3n) is 2.08. The molecular formula is C9H13N3O. The number of nitrogens with zero attached hydrogens (tertiary/aromatic N) is 2. The molecule has 0 aromatic carbocycles. The quantitative estimate of drug-likeness (QED) is 0.747. The minimum atomic E-state index is 0.430. The van der Waals surface area contributed by atoms with Gasteiger partial charge in [-0.25, -0.2) is 9.97 Å². The van der Waals surface area contributed by atoms with Gasteiger partial charge >= 0.3 is 0 Å². The highest BCUT2D eigenvalue weighted by Gasteiger charge is 2.17. The largest absolute Gasteiger partial charge is 0.377 e. The molecule has 0 amide bonds. The van der Waals surface area contributed by atoms with Crippen LogP contribution in [0.5, 0.6) is 0 Å². The molecule has 4 heteroatoms. The Labute approximate surface area is 77.4 Å². The summed E-state index contributed by atoms with van der Waals surface area (Å²) >= 11 is 0. The van der Waals surface area contributed by atoms with E-state index in [0.717, 1.165) is 31.1 Å². The zero-order valence-electron chi connectivity index (χ0n) is 7.66. The Morgan fingerprint density at radius 2 is 2.38 bits per heavy atom. The van der Waals surface area contributed by atoms with E-state index in [1.807, 2.05) is 6.07 Å². The van der Waals surface area contributed by atoms with E-state index in [4.69, 9.17) is 4.74 Å². The van der Waals surface area contributed by atoms with Crippen molar-refractivity contribution in [3.63, 3.8) is 0 Å². The van der Waals surface area contributed by atoms with Crippen molar-refractivity contribution in [2.24, 2.45) is 0 Å². The van der Waals surface area contributed by atoms with Crippen LogP contribution in [0.4, 0.5) is 5.82 Å². The van der Waals surface area contributed by atoms with Gasteiger partial charge < -0.3 is 10.1 Å². The first-order valence-electron chi connectivity index (χ1n) is 4.53.